The third-order valence-corrected chi connectivity index (χ3v) is 4.13. The predicted molar refractivity (Wildman–Crippen MR) is 70.7 cm³/mol. The lowest BCUT2D eigenvalue weighted by Gasteiger charge is -2.32. The molecule has 0 saturated heterocycles. The number of nitrogens with two attached hydrogens (primary N) is 1. The summed E-state index contributed by atoms with van der Waals surface area (Å²) in [6.45, 7) is 2.61. The lowest BCUT2D eigenvalue weighted by atomic mass is 9.79. The molecule has 1 aliphatic carbocycles. The maximum Gasteiger partial charge on any atom is 0.0899 e. The molecule has 17 heavy (non-hydrogen) atoms. The molecular weight excluding hydrogens is 210 g/mol. The Hall–Kier alpha value is -0.860. The summed E-state index contributed by atoms with van der Waals surface area (Å²) in [6, 6.07) is 8.19. The summed E-state index contributed by atoms with van der Waals surface area (Å²) in [5.74, 6) is 0.404. The largest absolute Gasteiger partial charge is 0.385 e. The highest BCUT2D eigenvalue weighted by atomic mass is 16.3. The van der Waals surface area contributed by atoms with E-state index in [1.165, 1.54) is 18.4 Å². The average Bonchev–Trinajstić information content (AvgIpc) is 2.84. The molecule has 0 radical (unpaired) electrons. The van der Waals surface area contributed by atoms with Gasteiger partial charge in [-0.05, 0) is 49.8 Å². The van der Waals surface area contributed by atoms with Gasteiger partial charge in [-0.15, -0.1) is 0 Å². The van der Waals surface area contributed by atoms with Gasteiger partial charge in [0.15, 0.2) is 0 Å². The zero-order chi connectivity index (χ0) is 12.3. The topological polar surface area (TPSA) is 46.2 Å². The second-order valence-electron chi connectivity index (χ2n) is 5.32. The minimum Gasteiger partial charge on any atom is -0.385 e. The van der Waals surface area contributed by atoms with Crippen LogP contribution in [0.2, 0.25) is 0 Å². The lowest BCUT2D eigenvalue weighted by Crippen LogP contribution is -2.31. The molecule has 1 aromatic rings. The van der Waals surface area contributed by atoms with Crippen LogP contribution in [0.25, 0.3) is 0 Å². The predicted octanol–water partition coefficient (Wildman–Crippen LogP) is 2.59. The van der Waals surface area contributed by atoms with Crippen molar-refractivity contribution < 1.29 is 5.11 Å². The van der Waals surface area contributed by atoms with E-state index in [2.05, 4.69) is 12.1 Å². The molecule has 0 aliphatic heterocycles. The van der Waals surface area contributed by atoms with E-state index in [0.717, 1.165) is 24.8 Å². The molecule has 2 nitrogen and oxygen atoms in total. The quantitative estimate of drug-likeness (QED) is 0.839. The van der Waals surface area contributed by atoms with E-state index in [9.17, 15) is 5.11 Å². The zero-order valence-corrected chi connectivity index (χ0v) is 10.7. The van der Waals surface area contributed by atoms with Crippen LogP contribution in [0.1, 0.15) is 43.7 Å². The van der Waals surface area contributed by atoms with Gasteiger partial charge in [0.05, 0.1) is 5.60 Å². The van der Waals surface area contributed by atoms with Gasteiger partial charge in [0.2, 0.25) is 0 Å². The number of hydrogen-bond donors (Lipinski definition) is 2. The molecule has 94 valence electrons. The summed E-state index contributed by atoms with van der Waals surface area (Å²) < 4.78 is 0. The first kappa shape index (κ1) is 12.6. The van der Waals surface area contributed by atoms with Gasteiger partial charge in [0.1, 0.15) is 0 Å². The highest BCUT2D eigenvalue weighted by molar-refractivity contribution is 5.33. The fourth-order valence-electron chi connectivity index (χ4n) is 3.10. The standard InChI is InChI=1S/C15H23NO/c1-15(17,13-7-3-4-8-13)14-9-5-2-6-12(14)10-11-16/h2,5-6,9,13,17H,3-4,7-8,10-11,16H2,1H3. The maximum atomic E-state index is 10.9. The van der Waals surface area contributed by atoms with Crippen LogP contribution in [-0.4, -0.2) is 11.7 Å². The highest BCUT2D eigenvalue weighted by Gasteiger charge is 2.36. The Morgan fingerprint density at radius 3 is 2.59 bits per heavy atom. The van der Waals surface area contributed by atoms with Crippen LogP contribution in [0.5, 0.6) is 0 Å². The minimum atomic E-state index is -0.692. The molecule has 2 rings (SSSR count). The van der Waals surface area contributed by atoms with Crippen LogP contribution in [0.3, 0.4) is 0 Å². The molecule has 1 unspecified atom stereocenters. The van der Waals surface area contributed by atoms with E-state index in [0.29, 0.717) is 12.5 Å². The Morgan fingerprint density at radius 1 is 1.29 bits per heavy atom. The van der Waals surface area contributed by atoms with Crippen molar-refractivity contribution in [3.63, 3.8) is 0 Å². The molecule has 0 amide bonds. The van der Waals surface area contributed by atoms with Crippen LogP contribution in [-0.2, 0) is 12.0 Å². The first-order valence-electron chi connectivity index (χ1n) is 6.67. The fourth-order valence-corrected chi connectivity index (χ4v) is 3.10. The van der Waals surface area contributed by atoms with E-state index in [-0.39, 0.29) is 0 Å². The van der Waals surface area contributed by atoms with Crippen molar-refractivity contribution in [2.24, 2.45) is 11.7 Å². The SMILES string of the molecule is CC(O)(c1ccccc1CCN)C1CCCC1. The molecular formula is C15H23NO. The van der Waals surface area contributed by atoms with Crippen LogP contribution in [0.4, 0.5) is 0 Å². The van der Waals surface area contributed by atoms with Crippen LogP contribution in [0, 0.1) is 5.92 Å². The van der Waals surface area contributed by atoms with E-state index in [1.807, 2.05) is 19.1 Å². The van der Waals surface area contributed by atoms with Gasteiger partial charge in [0.25, 0.3) is 0 Å². The van der Waals surface area contributed by atoms with Crippen LogP contribution in [0.15, 0.2) is 24.3 Å². The number of benzene rings is 1. The minimum absolute atomic E-state index is 0.404. The summed E-state index contributed by atoms with van der Waals surface area (Å²) in [5.41, 5.74) is 7.23. The van der Waals surface area contributed by atoms with Crippen molar-refractivity contribution in [2.45, 2.75) is 44.6 Å². The van der Waals surface area contributed by atoms with Crippen molar-refractivity contribution in [3.8, 4) is 0 Å². The Balaban J connectivity index is 2.30. The van der Waals surface area contributed by atoms with Gasteiger partial charge in [-0.3, -0.25) is 0 Å². The van der Waals surface area contributed by atoms with Gasteiger partial charge in [-0.25, -0.2) is 0 Å². The first-order valence-corrected chi connectivity index (χ1v) is 6.67. The Bertz CT molecular complexity index is 367. The van der Waals surface area contributed by atoms with E-state index >= 15 is 0 Å². The van der Waals surface area contributed by atoms with Crippen LogP contribution >= 0.6 is 0 Å². The second-order valence-corrected chi connectivity index (χ2v) is 5.32. The summed E-state index contributed by atoms with van der Waals surface area (Å²) >= 11 is 0. The summed E-state index contributed by atoms with van der Waals surface area (Å²) in [7, 11) is 0. The van der Waals surface area contributed by atoms with Gasteiger partial charge >= 0.3 is 0 Å². The monoisotopic (exact) mass is 233 g/mol. The van der Waals surface area contributed by atoms with Crippen molar-refractivity contribution >= 4 is 0 Å². The molecule has 2 heteroatoms. The molecule has 0 aromatic heterocycles. The van der Waals surface area contributed by atoms with Crippen LogP contribution < -0.4 is 5.73 Å². The molecule has 3 N–H and O–H groups in total. The van der Waals surface area contributed by atoms with Gasteiger partial charge in [-0.2, -0.15) is 0 Å². The number of rotatable bonds is 4. The van der Waals surface area contributed by atoms with Crippen molar-refractivity contribution in [3.05, 3.63) is 35.4 Å². The van der Waals surface area contributed by atoms with E-state index < -0.39 is 5.60 Å². The van der Waals surface area contributed by atoms with Crippen molar-refractivity contribution in [2.75, 3.05) is 6.54 Å². The molecule has 1 aliphatic rings. The molecule has 1 aromatic carbocycles. The van der Waals surface area contributed by atoms with Gasteiger partial charge < -0.3 is 10.8 Å². The molecule has 0 bridgehead atoms. The van der Waals surface area contributed by atoms with Gasteiger partial charge in [0, 0.05) is 0 Å². The average molecular weight is 233 g/mol. The molecule has 0 heterocycles. The molecule has 0 spiro atoms. The molecule has 1 saturated carbocycles. The molecule has 1 atom stereocenters. The normalized spacial score (nSPS) is 20.4. The van der Waals surface area contributed by atoms with E-state index in [4.69, 9.17) is 5.73 Å². The van der Waals surface area contributed by atoms with E-state index in [1.54, 1.807) is 0 Å². The molecule has 1 fully saturated rings. The Labute approximate surface area is 104 Å². The second kappa shape index (κ2) is 5.19. The Morgan fingerprint density at radius 2 is 1.94 bits per heavy atom. The zero-order valence-electron chi connectivity index (χ0n) is 10.7. The number of hydrogen-bond acceptors (Lipinski definition) is 2. The first-order chi connectivity index (χ1) is 8.16. The van der Waals surface area contributed by atoms with Gasteiger partial charge in [-0.1, -0.05) is 37.1 Å². The maximum absolute atomic E-state index is 10.9. The third-order valence-electron chi connectivity index (χ3n) is 4.13. The fraction of sp³-hybridized carbons (Fsp3) is 0.600. The Kier molecular flexibility index (Phi) is 3.85. The summed E-state index contributed by atoms with van der Waals surface area (Å²) in [5, 5.41) is 10.9. The van der Waals surface area contributed by atoms with Crippen molar-refractivity contribution in [1.29, 1.82) is 0 Å². The lowest BCUT2D eigenvalue weighted by molar-refractivity contribution is -0.00408. The third kappa shape index (κ3) is 2.53. The highest BCUT2D eigenvalue weighted by Crippen LogP contribution is 2.41. The smallest absolute Gasteiger partial charge is 0.0899 e. The van der Waals surface area contributed by atoms with Crippen molar-refractivity contribution in [1.82, 2.24) is 0 Å². The number of aliphatic hydroxyl groups is 1. The summed E-state index contributed by atoms with van der Waals surface area (Å²) in [4.78, 5) is 0. The summed E-state index contributed by atoms with van der Waals surface area (Å²) in [6.07, 6.45) is 5.63.